The number of sulfonamides is 1. The van der Waals surface area contributed by atoms with Gasteiger partial charge >= 0.3 is 5.97 Å². The van der Waals surface area contributed by atoms with Crippen molar-refractivity contribution in [3.63, 3.8) is 0 Å². The quantitative estimate of drug-likeness (QED) is 0.538. The second kappa shape index (κ2) is 9.31. The number of benzene rings is 1. The summed E-state index contributed by atoms with van der Waals surface area (Å²) in [7, 11) is -3.67. The Labute approximate surface area is 165 Å². The van der Waals surface area contributed by atoms with Crippen LogP contribution in [0.1, 0.15) is 31.1 Å². The molecule has 1 saturated heterocycles. The van der Waals surface area contributed by atoms with E-state index in [1.807, 2.05) is 13.8 Å². The molecule has 3 atom stereocenters. The zero-order valence-corrected chi connectivity index (χ0v) is 17.1. The van der Waals surface area contributed by atoms with Crippen molar-refractivity contribution < 1.29 is 27.5 Å². The highest BCUT2D eigenvalue weighted by atomic mass is 32.2. The first-order valence-corrected chi connectivity index (χ1v) is 10.5. The van der Waals surface area contributed by atoms with Crippen molar-refractivity contribution >= 4 is 21.9 Å². The highest BCUT2D eigenvalue weighted by Gasteiger charge is 2.30. The average Bonchev–Trinajstić information content (AvgIpc) is 2.65. The minimum atomic E-state index is -3.67. The van der Waals surface area contributed by atoms with Crippen LogP contribution in [-0.2, 0) is 24.3 Å². The van der Waals surface area contributed by atoms with Gasteiger partial charge in [-0.25, -0.2) is 17.9 Å². The van der Waals surface area contributed by atoms with Gasteiger partial charge in [-0.1, -0.05) is 6.08 Å². The van der Waals surface area contributed by atoms with Gasteiger partial charge in [0.15, 0.2) is 6.10 Å². The minimum absolute atomic E-state index is 0.0197. The SMILES string of the molecule is C=CCNS(=O)(=O)c1ccc(C(=O)OC(C)C(=O)N2CC(C)OC(C)C2)cc1. The molecular weight excluding hydrogens is 384 g/mol. The molecule has 0 aliphatic carbocycles. The van der Waals surface area contributed by atoms with Crippen LogP contribution < -0.4 is 4.72 Å². The van der Waals surface area contributed by atoms with Gasteiger partial charge in [0.25, 0.3) is 5.91 Å². The van der Waals surface area contributed by atoms with Crippen molar-refractivity contribution in [2.24, 2.45) is 0 Å². The molecule has 1 heterocycles. The van der Waals surface area contributed by atoms with Crippen LogP contribution in [0.25, 0.3) is 0 Å². The zero-order valence-electron chi connectivity index (χ0n) is 16.3. The third kappa shape index (κ3) is 5.63. The Morgan fingerprint density at radius 3 is 2.39 bits per heavy atom. The summed E-state index contributed by atoms with van der Waals surface area (Å²) in [5.41, 5.74) is 0.158. The monoisotopic (exact) mass is 410 g/mol. The largest absolute Gasteiger partial charge is 0.449 e. The summed E-state index contributed by atoms with van der Waals surface area (Å²) in [6, 6.07) is 5.31. The molecule has 1 aliphatic rings. The minimum Gasteiger partial charge on any atom is -0.449 e. The van der Waals surface area contributed by atoms with Crippen LogP contribution in [0.4, 0.5) is 0 Å². The van der Waals surface area contributed by atoms with Crippen LogP contribution >= 0.6 is 0 Å². The molecule has 1 fully saturated rings. The van der Waals surface area contributed by atoms with Gasteiger partial charge in [0, 0.05) is 19.6 Å². The van der Waals surface area contributed by atoms with E-state index in [2.05, 4.69) is 11.3 Å². The van der Waals surface area contributed by atoms with Crippen molar-refractivity contribution in [1.82, 2.24) is 9.62 Å². The molecule has 28 heavy (non-hydrogen) atoms. The van der Waals surface area contributed by atoms with E-state index in [0.29, 0.717) is 13.1 Å². The lowest BCUT2D eigenvalue weighted by Gasteiger charge is -2.36. The van der Waals surface area contributed by atoms with E-state index in [9.17, 15) is 18.0 Å². The maximum Gasteiger partial charge on any atom is 0.338 e. The number of rotatable bonds is 7. The summed E-state index contributed by atoms with van der Waals surface area (Å²) in [6.07, 6.45) is 0.305. The highest BCUT2D eigenvalue weighted by Crippen LogP contribution is 2.15. The number of morpholine rings is 1. The van der Waals surface area contributed by atoms with Crippen molar-refractivity contribution in [2.75, 3.05) is 19.6 Å². The van der Waals surface area contributed by atoms with Gasteiger partial charge in [0.2, 0.25) is 10.0 Å². The van der Waals surface area contributed by atoms with Gasteiger partial charge in [-0.3, -0.25) is 4.79 Å². The Hall–Kier alpha value is -2.23. The number of amides is 1. The number of carbonyl (C=O) groups excluding carboxylic acids is 2. The molecule has 1 aromatic rings. The molecule has 8 nitrogen and oxygen atoms in total. The fraction of sp³-hybridized carbons (Fsp3) is 0.474. The summed E-state index contributed by atoms with van der Waals surface area (Å²) in [5, 5.41) is 0. The van der Waals surface area contributed by atoms with E-state index in [4.69, 9.17) is 9.47 Å². The second-order valence-electron chi connectivity index (χ2n) is 6.71. The Morgan fingerprint density at radius 1 is 1.29 bits per heavy atom. The van der Waals surface area contributed by atoms with Crippen LogP contribution in [0.15, 0.2) is 41.8 Å². The van der Waals surface area contributed by atoms with E-state index < -0.39 is 22.1 Å². The van der Waals surface area contributed by atoms with E-state index in [1.54, 1.807) is 4.90 Å². The maximum atomic E-state index is 12.5. The smallest absolute Gasteiger partial charge is 0.338 e. The molecule has 154 valence electrons. The predicted molar refractivity (Wildman–Crippen MR) is 103 cm³/mol. The molecule has 0 radical (unpaired) electrons. The number of hydrogen-bond acceptors (Lipinski definition) is 6. The van der Waals surface area contributed by atoms with E-state index >= 15 is 0 Å². The van der Waals surface area contributed by atoms with Gasteiger partial charge in [0.1, 0.15) is 0 Å². The third-order valence-corrected chi connectivity index (χ3v) is 5.62. The average molecular weight is 410 g/mol. The van der Waals surface area contributed by atoms with E-state index in [0.717, 1.165) is 0 Å². The molecule has 0 saturated carbocycles. The number of ether oxygens (including phenoxy) is 2. The lowest BCUT2D eigenvalue weighted by molar-refractivity contribution is -0.151. The molecule has 1 aliphatic heterocycles. The van der Waals surface area contributed by atoms with Crippen molar-refractivity contribution in [1.29, 1.82) is 0 Å². The number of carbonyl (C=O) groups is 2. The van der Waals surface area contributed by atoms with Crippen LogP contribution in [-0.4, -0.2) is 63.1 Å². The van der Waals surface area contributed by atoms with Crippen LogP contribution in [0.5, 0.6) is 0 Å². The second-order valence-corrected chi connectivity index (χ2v) is 8.48. The Morgan fingerprint density at radius 2 is 1.86 bits per heavy atom. The molecule has 9 heteroatoms. The van der Waals surface area contributed by atoms with Gasteiger partial charge in [-0.2, -0.15) is 0 Å². The summed E-state index contributed by atoms with van der Waals surface area (Å²) in [6.45, 7) is 9.71. The normalized spacial score (nSPS) is 21.0. The number of esters is 1. The molecule has 0 aromatic heterocycles. The predicted octanol–water partition coefficient (Wildman–Crippen LogP) is 1.33. The van der Waals surface area contributed by atoms with Crippen molar-refractivity contribution in [3.8, 4) is 0 Å². The molecule has 1 N–H and O–H groups in total. The molecule has 2 rings (SSSR count). The Bertz CT molecular complexity index is 811. The van der Waals surface area contributed by atoms with Crippen LogP contribution in [0.2, 0.25) is 0 Å². The van der Waals surface area contributed by atoms with E-state index in [1.165, 1.54) is 37.3 Å². The fourth-order valence-corrected chi connectivity index (χ4v) is 3.91. The first kappa shape index (κ1) is 22.1. The zero-order chi connectivity index (χ0) is 20.9. The summed E-state index contributed by atoms with van der Waals surface area (Å²) in [4.78, 5) is 26.5. The summed E-state index contributed by atoms with van der Waals surface area (Å²) < 4.78 is 37.3. The van der Waals surface area contributed by atoms with Crippen molar-refractivity contribution in [3.05, 3.63) is 42.5 Å². The van der Waals surface area contributed by atoms with E-state index in [-0.39, 0.29) is 35.1 Å². The molecular formula is C19H26N2O6S. The van der Waals surface area contributed by atoms with Crippen LogP contribution in [0.3, 0.4) is 0 Å². The lowest BCUT2D eigenvalue weighted by Crippen LogP contribution is -2.51. The number of nitrogens with one attached hydrogen (secondary N) is 1. The highest BCUT2D eigenvalue weighted by molar-refractivity contribution is 7.89. The molecule has 1 amide bonds. The van der Waals surface area contributed by atoms with Gasteiger partial charge in [-0.05, 0) is 45.0 Å². The van der Waals surface area contributed by atoms with Crippen LogP contribution in [0, 0.1) is 0 Å². The first-order chi connectivity index (χ1) is 13.1. The van der Waals surface area contributed by atoms with Gasteiger partial charge < -0.3 is 14.4 Å². The summed E-state index contributed by atoms with van der Waals surface area (Å²) in [5.74, 6) is -0.985. The maximum absolute atomic E-state index is 12.5. The topological polar surface area (TPSA) is 102 Å². The third-order valence-electron chi connectivity index (χ3n) is 4.18. The molecule has 1 aromatic carbocycles. The van der Waals surface area contributed by atoms with Gasteiger partial charge in [0.05, 0.1) is 22.7 Å². The summed E-state index contributed by atoms with van der Waals surface area (Å²) >= 11 is 0. The lowest BCUT2D eigenvalue weighted by atomic mass is 10.2. The fourth-order valence-electron chi connectivity index (χ4n) is 2.92. The standard InChI is InChI=1S/C19H26N2O6S/c1-5-10-20-28(24,25)17-8-6-16(7-9-17)19(23)27-15(4)18(22)21-11-13(2)26-14(3)12-21/h5-9,13-15,20H,1,10-12H2,2-4H3. The number of nitrogens with zero attached hydrogens (tertiary/aromatic N) is 1. The number of hydrogen-bond donors (Lipinski definition) is 1. The Balaban J connectivity index is 2.00. The van der Waals surface area contributed by atoms with Crippen molar-refractivity contribution in [2.45, 2.75) is 44.0 Å². The molecule has 0 spiro atoms. The Kier molecular flexibility index (Phi) is 7.34. The molecule has 0 bridgehead atoms. The van der Waals surface area contributed by atoms with Gasteiger partial charge in [-0.15, -0.1) is 6.58 Å². The molecule has 3 unspecified atom stereocenters. The first-order valence-electron chi connectivity index (χ1n) is 9.00.